The fourth-order valence-electron chi connectivity index (χ4n) is 2.90. The van der Waals surface area contributed by atoms with Crippen LogP contribution in [-0.4, -0.2) is 32.2 Å². The molecule has 3 rings (SSSR count). The van der Waals surface area contributed by atoms with E-state index in [4.69, 9.17) is 27.9 Å². The average molecular weight is 434 g/mol. The van der Waals surface area contributed by atoms with Crippen molar-refractivity contribution in [2.24, 2.45) is 0 Å². The summed E-state index contributed by atoms with van der Waals surface area (Å²) in [5.74, 6) is 0.986. The first-order valence-electron chi connectivity index (χ1n) is 9.28. The smallest absolute Gasteiger partial charge is 0.271 e. The zero-order chi connectivity index (χ0) is 20.8. The van der Waals surface area contributed by atoms with E-state index in [1.165, 1.54) is 18.6 Å². The molecule has 0 unspecified atom stereocenters. The van der Waals surface area contributed by atoms with Crippen molar-refractivity contribution >= 4 is 29.1 Å². The molecule has 9 heteroatoms. The standard InChI is InChI=1S/C20H21Cl2N5O2/c1-3-16-19(29-15-10-13(21)9-14(22)11-15)18(4-2)27(26-16)8-7-25-20(28)17-12-23-5-6-24-17/h5-6,9-12H,3-4,7-8H2,1-2H3,(H,25,28). The molecule has 152 valence electrons. The molecule has 0 saturated carbocycles. The Morgan fingerprint density at radius 3 is 2.52 bits per heavy atom. The molecule has 0 radical (unpaired) electrons. The number of hydrogen-bond acceptors (Lipinski definition) is 5. The number of aromatic nitrogens is 4. The molecule has 0 fully saturated rings. The fourth-order valence-corrected chi connectivity index (χ4v) is 3.41. The summed E-state index contributed by atoms with van der Waals surface area (Å²) in [4.78, 5) is 20.0. The minimum absolute atomic E-state index is 0.274. The highest BCUT2D eigenvalue weighted by molar-refractivity contribution is 6.34. The second-order valence-corrected chi connectivity index (χ2v) is 7.08. The number of nitrogens with one attached hydrogen (secondary N) is 1. The number of aryl methyl sites for hydroxylation is 1. The average Bonchev–Trinajstić information content (AvgIpc) is 3.04. The number of amides is 1. The number of nitrogens with zero attached hydrogens (tertiary/aromatic N) is 4. The Kier molecular flexibility index (Phi) is 7.06. The molecular weight excluding hydrogens is 413 g/mol. The molecule has 3 aromatic rings. The molecule has 0 bridgehead atoms. The second kappa shape index (κ2) is 9.71. The van der Waals surface area contributed by atoms with Gasteiger partial charge in [0.25, 0.3) is 5.91 Å². The van der Waals surface area contributed by atoms with Gasteiger partial charge in [-0.25, -0.2) is 4.98 Å². The third kappa shape index (κ3) is 5.25. The van der Waals surface area contributed by atoms with Gasteiger partial charge in [-0.2, -0.15) is 5.10 Å². The summed E-state index contributed by atoms with van der Waals surface area (Å²) in [5.41, 5.74) is 2.05. The minimum Gasteiger partial charge on any atom is -0.453 e. The van der Waals surface area contributed by atoms with Crippen LogP contribution in [0.2, 0.25) is 10.0 Å². The van der Waals surface area contributed by atoms with Gasteiger partial charge in [-0.3, -0.25) is 14.5 Å². The van der Waals surface area contributed by atoms with E-state index in [1.807, 2.05) is 18.5 Å². The maximum absolute atomic E-state index is 12.1. The Balaban J connectivity index is 1.75. The third-order valence-corrected chi connectivity index (χ3v) is 4.64. The zero-order valence-corrected chi connectivity index (χ0v) is 17.7. The van der Waals surface area contributed by atoms with E-state index in [9.17, 15) is 4.79 Å². The maximum Gasteiger partial charge on any atom is 0.271 e. The highest BCUT2D eigenvalue weighted by atomic mass is 35.5. The fraction of sp³-hybridized carbons (Fsp3) is 0.300. The second-order valence-electron chi connectivity index (χ2n) is 6.21. The van der Waals surface area contributed by atoms with Gasteiger partial charge in [0.05, 0.1) is 18.4 Å². The number of halogens is 2. The highest BCUT2D eigenvalue weighted by Crippen LogP contribution is 2.33. The van der Waals surface area contributed by atoms with Gasteiger partial charge < -0.3 is 10.1 Å². The van der Waals surface area contributed by atoms with Crippen LogP contribution < -0.4 is 10.1 Å². The Morgan fingerprint density at radius 1 is 1.14 bits per heavy atom. The van der Waals surface area contributed by atoms with Gasteiger partial charge in [0.2, 0.25) is 0 Å². The van der Waals surface area contributed by atoms with Gasteiger partial charge in [-0.05, 0) is 31.0 Å². The molecule has 1 N–H and O–H groups in total. The van der Waals surface area contributed by atoms with Gasteiger partial charge in [0, 0.05) is 29.0 Å². The molecule has 0 aliphatic carbocycles. The van der Waals surface area contributed by atoms with Gasteiger partial charge >= 0.3 is 0 Å². The van der Waals surface area contributed by atoms with Crippen molar-refractivity contribution in [1.29, 1.82) is 0 Å². The van der Waals surface area contributed by atoms with Crippen molar-refractivity contribution in [3.8, 4) is 11.5 Å². The van der Waals surface area contributed by atoms with Crippen LogP contribution in [0.3, 0.4) is 0 Å². The molecule has 0 aliphatic rings. The Hall–Kier alpha value is -2.64. The molecule has 2 heterocycles. The zero-order valence-electron chi connectivity index (χ0n) is 16.2. The monoisotopic (exact) mass is 433 g/mol. The first-order chi connectivity index (χ1) is 14.0. The molecule has 29 heavy (non-hydrogen) atoms. The largest absolute Gasteiger partial charge is 0.453 e. The van der Waals surface area contributed by atoms with Crippen molar-refractivity contribution in [2.45, 2.75) is 33.2 Å². The number of benzene rings is 1. The number of rotatable bonds is 8. The first-order valence-corrected chi connectivity index (χ1v) is 10.0. The summed E-state index contributed by atoms with van der Waals surface area (Å²) in [6.07, 6.45) is 5.86. The predicted octanol–water partition coefficient (Wildman–Crippen LogP) is 4.33. The van der Waals surface area contributed by atoms with Crippen molar-refractivity contribution in [3.63, 3.8) is 0 Å². The number of ether oxygens (including phenoxy) is 1. The quantitative estimate of drug-likeness (QED) is 0.571. The van der Waals surface area contributed by atoms with Crippen LogP contribution in [0.15, 0.2) is 36.8 Å². The molecular formula is C20H21Cl2N5O2. The predicted molar refractivity (Wildman–Crippen MR) is 112 cm³/mol. The normalized spacial score (nSPS) is 10.8. The van der Waals surface area contributed by atoms with Gasteiger partial charge in [-0.1, -0.05) is 37.0 Å². The van der Waals surface area contributed by atoms with Crippen LogP contribution >= 0.6 is 23.2 Å². The van der Waals surface area contributed by atoms with E-state index >= 15 is 0 Å². The van der Waals surface area contributed by atoms with E-state index in [1.54, 1.807) is 18.2 Å². The summed E-state index contributed by atoms with van der Waals surface area (Å²) in [5, 5.41) is 8.49. The summed E-state index contributed by atoms with van der Waals surface area (Å²) in [7, 11) is 0. The molecule has 2 aromatic heterocycles. The highest BCUT2D eigenvalue weighted by Gasteiger charge is 2.18. The van der Waals surface area contributed by atoms with Crippen molar-refractivity contribution in [3.05, 3.63) is 63.9 Å². The Labute approximate surface area is 179 Å². The molecule has 0 spiro atoms. The first kappa shape index (κ1) is 21.1. The molecule has 1 aromatic carbocycles. The minimum atomic E-state index is -0.274. The molecule has 7 nitrogen and oxygen atoms in total. The lowest BCUT2D eigenvalue weighted by molar-refractivity contribution is 0.0946. The number of carbonyl (C=O) groups is 1. The van der Waals surface area contributed by atoms with Crippen molar-refractivity contribution < 1.29 is 9.53 Å². The molecule has 1 amide bonds. The van der Waals surface area contributed by atoms with Gasteiger partial charge in [0.15, 0.2) is 5.75 Å². The Bertz CT molecular complexity index is 972. The summed E-state index contributed by atoms with van der Waals surface area (Å²) >= 11 is 12.2. The van der Waals surface area contributed by atoms with Crippen LogP contribution in [0, 0.1) is 0 Å². The SMILES string of the molecule is CCc1nn(CCNC(=O)c2cnccn2)c(CC)c1Oc1cc(Cl)cc(Cl)c1. The molecule has 0 atom stereocenters. The van der Waals surface area contributed by atoms with Crippen LogP contribution in [0.4, 0.5) is 0 Å². The lowest BCUT2D eigenvalue weighted by Crippen LogP contribution is -2.28. The Morgan fingerprint density at radius 2 is 1.90 bits per heavy atom. The number of hydrogen-bond donors (Lipinski definition) is 1. The van der Waals surface area contributed by atoms with Crippen LogP contribution in [0.1, 0.15) is 35.7 Å². The van der Waals surface area contributed by atoms with Crippen LogP contribution in [0.25, 0.3) is 0 Å². The molecule has 0 aliphatic heterocycles. The summed E-state index contributed by atoms with van der Waals surface area (Å²) in [6, 6.07) is 5.08. The van der Waals surface area contributed by atoms with E-state index in [0.717, 1.165) is 17.8 Å². The third-order valence-electron chi connectivity index (χ3n) is 4.21. The van der Waals surface area contributed by atoms with E-state index in [-0.39, 0.29) is 11.6 Å². The van der Waals surface area contributed by atoms with Crippen LogP contribution in [-0.2, 0) is 19.4 Å². The topological polar surface area (TPSA) is 81.9 Å². The summed E-state index contributed by atoms with van der Waals surface area (Å²) < 4.78 is 7.96. The van der Waals surface area contributed by atoms with Crippen molar-refractivity contribution in [1.82, 2.24) is 25.1 Å². The lowest BCUT2D eigenvalue weighted by Gasteiger charge is -2.10. The molecule has 0 saturated heterocycles. The van der Waals surface area contributed by atoms with Gasteiger partial charge in [-0.15, -0.1) is 0 Å². The van der Waals surface area contributed by atoms with Crippen molar-refractivity contribution in [2.75, 3.05) is 6.54 Å². The number of carbonyl (C=O) groups excluding carboxylic acids is 1. The van der Waals surface area contributed by atoms with E-state index < -0.39 is 0 Å². The van der Waals surface area contributed by atoms with Crippen LogP contribution in [0.5, 0.6) is 11.5 Å². The van der Waals surface area contributed by atoms with Gasteiger partial charge in [0.1, 0.15) is 17.1 Å². The van der Waals surface area contributed by atoms with E-state index in [2.05, 4.69) is 20.4 Å². The maximum atomic E-state index is 12.1. The van der Waals surface area contributed by atoms with E-state index in [0.29, 0.717) is 41.1 Å². The lowest BCUT2D eigenvalue weighted by atomic mass is 10.2. The summed E-state index contributed by atoms with van der Waals surface area (Å²) in [6.45, 7) is 4.94.